The Morgan fingerprint density at radius 3 is 2.96 bits per heavy atom. The third kappa shape index (κ3) is 6.78. The van der Waals surface area contributed by atoms with Gasteiger partial charge in [0.1, 0.15) is 12.2 Å². The van der Waals surface area contributed by atoms with Gasteiger partial charge in [-0.15, -0.1) is 24.0 Å². The van der Waals surface area contributed by atoms with Gasteiger partial charge in [-0.1, -0.05) is 6.92 Å². The summed E-state index contributed by atoms with van der Waals surface area (Å²) in [4.78, 5) is 10.3. The van der Waals surface area contributed by atoms with Gasteiger partial charge in [-0.25, -0.2) is 4.98 Å². The Balaban J connectivity index is 0.00000338. The van der Waals surface area contributed by atoms with E-state index in [1.54, 1.807) is 0 Å². The van der Waals surface area contributed by atoms with E-state index in [-0.39, 0.29) is 43.1 Å². The first kappa shape index (κ1) is 22.7. The van der Waals surface area contributed by atoms with Gasteiger partial charge in [-0.2, -0.15) is 13.2 Å². The molecule has 3 N–H and O–H groups in total. The molecule has 1 atom stereocenters. The van der Waals surface area contributed by atoms with E-state index in [0.717, 1.165) is 25.6 Å². The summed E-state index contributed by atoms with van der Waals surface area (Å²) in [6.45, 7) is 5.06. The van der Waals surface area contributed by atoms with Crippen LogP contribution in [0.15, 0.2) is 23.3 Å². The maximum atomic E-state index is 12.8. The summed E-state index contributed by atoms with van der Waals surface area (Å²) < 4.78 is 43.6. The minimum atomic E-state index is -4.50. The predicted octanol–water partition coefficient (Wildman–Crippen LogP) is 2.49. The van der Waals surface area contributed by atoms with Crippen molar-refractivity contribution < 1.29 is 17.9 Å². The van der Waals surface area contributed by atoms with E-state index in [2.05, 4.69) is 27.1 Å². The molecule has 0 spiro atoms. The fourth-order valence-corrected chi connectivity index (χ4v) is 2.83. The van der Waals surface area contributed by atoms with Crippen LogP contribution in [-0.4, -0.2) is 54.7 Å². The number of halogens is 4. The molecule has 0 bridgehead atoms. The number of aliphatic imine (C=N–C) groups is 1. The highest BCUT2D eigenvalue weighted by atomic mass is 127. The first-order chi connectivity index (χ1) is 11.9. The molecule has 2 heterocycles. The van der Waals surface area contributed by atoms with E-state index in [1.807, 2.05) is 0 Å². The monoisotopic (exact) mass is 487 g/mol. The van der Waals surface area contributed by atoms with Gasteiger partial charge in [0.25, 0.3) is 0 Å². The molecule has 0 aliphatic carbocycles. The van der Waals surface area contributed by atoms with Crippen LogP contribution in [0.1, 0.15) is 25.3 Å². The van der Waals surface area contributed by atoms with Crippen LogP contribution in [0.25, 0.3) is 0 Å². The number of rotatable bonds is 7. The van der Waals surface area contributed by atoms with Crippen LogP contribution in [0.4, 0.5) is 13.2 Å². The molecule has 6 nitrogen and oxygen atoms in total. The Morgan fingerprint density at radius 1 is 1.50 bits per heavy atom. The molecular formula is C16H25F3IN5O. The van der Waals surface area contributed by atoms with Gasteiger partial charge in [0.15, 0.2) is 5.96 Å². The quantitative estimate of drug-likeness (QED) is 0.268. The minimum absolute atomic E-state index is 0. The number of ether oxygens (including phenoxy) is 1. The van der Waals surface area contributed by atoms with Crippen molar-refractivity contribution in [2.24, 2.45) is 10.7 Å². The molecule has 0 radical (unpaired) electrons. The summed E-state index contributed by atoms with van der Waals surface area (Å²) in [6, 6.07) is 2.57. The Morgan fingerprint density at radius 2 is 2.27 bits per heavy atom. The van der Waals surface area contributed by atoms with Crippen LogP contribution in [0.3, 0.4) is 0 Å². The summed E-state index contributed by atoms with van der Waals surface area (Å²) in [5.74, 6) is -0.166. The number of guanidine groups is 1. The Labute approximate surface area is 168 Å². The number of nitrogens with zero attached hydrogens (tertiary/aromatic N) is 3. The van der Waals surface area contributed by atoms with E-state index in [9.17, 15) is 13.2 Å². The zero-order chi connectivity index (χ0) is 18.3. The van der Waals surface area contributed by atoms with Crippen LogP contribution in [0.5, 0.6) is 5.88 Å². The first-order valence-electron chi connectivity index (χ1n) is 8.34. The fraction of sp³-hybridized carbons (Fsp3) is 0.625. The van der Waals surface area contributed by atoms with E-state index >= 15 is 0 Å². The third-order valence-corrected chi connectivity index (χ3v) is 4.10. The van der Waals surface area contributed by atoms with E-state index in [4.69, 9.17) is 10.5 Å². The molecule has 2 rings (SSSR count). The Hall–Kier alpha value is -1.30. The first-order valence-corrected chi connectivity index (χ1v) is 8.34. The second-order valence-electron chi connectivity index (χ2n) is 5.78. The van der Waals surface area contributed by atoms with E-state index in [1.165, 1.54) is 18.7 Å². The smallest absolute Gasteiger partial charge is 0.421 e. The summed E-state index contributed by atoms with van der Waals surface area (Å²) in [5.41, 5.74) is 4.90. The number of nitrogens with two attached hydrogens (primary N) is 1. The minimum Gasteiger partial charge on any atom is -0.475 e. The van der Waals surface area contributed by atoms with Crippen molar-refractivity contribution in [3.63, 3.8) is 0 Å². The standard InChI is InChI=1S/C16H24F3N5O.HI/c1-2-24-9-4-5-12(24)11-23-15(20)22-8-10-25-14-13(16(17,18)19)6-3-7-21-14;/h3,6-7,12H,2,4-5,8-11H2,1H3,(H3,20,22,23);1H. The van der Waals surface area contributed by atoms with Crippen molar-refractivity contribution in [3.8, 4) is 5.88 Å². The average Bonchev–Trinajstić information content (AvgIpc) is 3.04. The fourth-order valence-electron chi connectivity index (χ4n) is 2.83. The largest absolute Gasteiger partial charge is 0.475 e. The molecular weight excluding hydrogens is 462 g/mol. The molecule has 148 valence electrons. The number of likely N-dealkylation sites (tertiary alicyclic amines) is 1. The van der Waals surface area contributed by atoms with Gasteiger partial charge >= 0.3 is 6.18 Å². The van der Waals surface area contributed by atoms with Crippen LogP contribution < -0.4 is 15.8 Å². The number of alkyl halides is 3. The average molecular weight is 487 g/mol. The SMILES string of the molecule is CCN1CCCC1CN=C(N)NCCOc1ncccc1C(F)(F)F.I. The summed E-state index contributed by atoms with van der Waals surface area (Å²) in [6.07, 6.45) is -0.965. The van der Waals surface area contributed by atoms with Crippen LogP contribution in [0.2, 0.25) is 0 Å². The van der Waals surface area contributed by atoms with Gasteiger partial charge in [0.05, 0.1) is 13.1 Å². The van der Waals surface area contributed by atoms with Crippen molar-refractivity contribution in [2.75, 3.05) is 32.8 Å². The summed E-state index contributed by atoms with van der Waals surface area (Å²) in [5, 5.41) is 2.84. The van der Waals surface area contributed by atoms with Crippen LogP contribution >= 0.6 is 24.0 Å². The molecule has 1 aromatic rings. The molecule has 0 saturated carbocycles. The van der Waals surface area contributed by atoms with Crippen molar-refractivity contribution in [1.82, 2.24) is 15.2 Å². The highest BCUT2D eigenvalue weighted by Crippen LogP contribution is 2.34. The molecule has 1 saturated heterocycles. The van der Waals surface area contributed by atoms with Crippen molar-refractivity contribution >= 4 is 29.9 Å². The Kier molecular flexibility index (Phi) is 9.41. The zero-order valence-electron chi connectivity index (χ0n) is 14.6. The number of nitrogens with one attached hydrogen (secondary N) is 1. The normalized spacial score (nSPS) is 18.5. The van der Waals surface area contributed by atoms with Gasteiger partial charge < -0.3 is 15.8 Å². The topological polar surface area (TPSA) is 75.8 Å². The highest BCUT2D eigenvalue weighted by Gasteiger charge is 2.35. The van der Waals surface area contributed by atoms with Gasteiger partial charge in [-0.05, 0) is 38.1 Å². The Bertz CT molecular complexity index is 585. The molecule has 1 aliphatic heterocycles. The maximum Gasteiger partial charge on any atom is 0.421 e. The lowest BCUT2D eigenvalue weighted by molar-refractivity contribution is -0.139. The molecule has 1 fully saturated rings. The second kappa shape index (κ2) is 10.8. The molecule has 1 unspecified atom stereocenters. The van der Waals surface area contributed by atoms with Crippen molar-refractivity contribution in [1.29, 1.82) is 0 Å². The number of likely N-dealkylation sites (N-methyl/N-ethyl adjacent to an activating group) is 1. The maximum absolute atomic E-state index is 12.8. The van der Waals surface area contributed by atoms with Gasteiger partial charge in [-0.3, -0.25) is 9.89 Å². The zero-order valence-corrected chi connectivity index (χ0v) is 17.0. The van der Waals surface area contributed by atoms with Crippen LogP contribution in [0, 0.1) is 0 Å². The lowest BCUT2D eigenvalue weighted by Crippen LogP contribution is -2.37. The highest BCUT2D eigenvalue weighted by molar-refractivity contribution is 14.0. The predicted molar refractivity (Wildman–Crippen MR) is 105 cm³/mol. The number of aromatic nitrogens is 1. The summed E-state index contributed by atoms with van der Waals surface area (Å²) in [7, 11) is 0. The lowest BCUT2D eigenvalue weighted by atomic mass is 10.2. The summed E-state index contributed by atoms with van der Waals surface area (Å²) >= 11 is 0. The van der Waals surface area contributed by atoms with Gasteiger partial charge in [0.2, 0.25) is 5.88 Å². The van der Waals surface area contributed by atoms with E-state index < -0.39 is 17.6 Å². The third-order valence-electron chi connectivity index (χ3n) is 4.10. The molecule has 26 heavy (non-hydrogen) atoms. The van der Waals surface area contributed by atoms with Crippen molar-refractivity contribution in [3.05, 3.63) is 23.9 Å². The molecule has 0 aromatic carbocycles. The number of hydrogen-bond acceptors (Lipinski definition) is 4. The molecule has 1 aromatic heterocycles. The second-order valence-corrected chi connectivity index (χ2v) is 5.78. The van der Waals surface area contributed by atoms with Crippen LogP contribution in [-0.2, 0) is 6.18 Å². The van der Waals surface area contributed by atoms with Crippen molar-refractivity contribution in [2.45, 2.75) is 32.0 Å². The molecule has 1 aliphatic rings. The number of hydrogen-bond donors (Lipinski definition) is 2. The lowest BCUT2D eigenvalue weighted by Gasteiger charge is -2.21. The van der Waals surface area contributed by atoms with Gasteiger partial charge in [0, 0.05) is 12.2 Å². The van der Waals surface area contributed by atoms with E-state index in [0.29, 0.717) is 12.6 Å². The number of pyridine rings is 1. The molecule has 10 heteroatoms. The molecule has 0 amide bonds.